The van der Waals surface area contributed by atoms with Crippen molar-refractivity contribution in [2.45, 2.75) is 6.92 Å². The van der Waals surface area contributed by atoms with Crippen LogP contribution in [-0.2, 0) is 0 Å². The van der Waals surface area contributed by atoms with E-state index in [1.54, 1.807) is 35.6 Å². The van der Waals surface area contributed by atoms with Crippen molar-refractivity contribution in [3.05, 3.63) is 83.0 Å². The topological polar surface area (TPSA) is 42.0 Å². The summed E-state index contributed by atoms with van der Waals surface area (Å²) in [4.78, 5) is 18.6. The zero-order valence-corrected chi connectivity index (χ0v) is 14.8. The third kappa shape index (κ3) is 3.09. The van der Waals surface area contributed by atoms with E-state index in [0.717, 1.165) is 27.0 Å². The van der Waals surface area contributed by atoms with Crippen LogP contribution in [0, 0.1) is 12.7 Å². The zero-order chi connectivity index (χ0) is 18.1. The van der Waals surface area contributed by atoms with E-state index in [-0.39, 0.29) is 11.6 Å². The van der Waals surface area contributed by atoms with E-state index in [4.69, 9.17) is 0 Å². The molecule has 2 aromatic carbocycles. The maximum Gasteiger partial charge on any atom is 0.256 e. The van der Waals surface area contributed by atoms with Crippen LogP contribution in [0.3, 0.4) is 0 Å². The van der Waals surface area contributed by atoms with Gasteiger partial charge in [-0.2, -0.15) is 0 Å². The summed E-state index contributed by atoms with van der Waals surface area (Å²) in [5, 5.41) is 5.39. The van der Waals surface area contributed by atoms with Crippen LogP contribution in [0.2, 0.25) is 0 Å². The number of para-hydroxylation sites is 1. The molecule has 4 rings (SSSR count). The first-order chi connectivity index (χ1) is 12.6. The van der Waals surface area contributed by atoms with Gasteiger partial charge in [-0.1, -0.05) is 29.8 Å². The smallest absolute Gasteiger partial charge is 0.256 e. The molecule has 2 aromatic heterocycles. The van der Waals surface area contributed by atoms with E-state index in [9.17, 15) is 9.18 Å². The molecule has 2 heterocycles. The van der Waals surface area contributed by atoms with Crippen molar-refractivity contribution in [3.8, 4) is 10.6 Å². The van der Waals surface area contributed by atoms with Crippen LogP contribution >= 0.6 is 11.3 Å². The Bertz CT molecular complexity index is 1110. The molecule has 0 fully saturated rings. The molecule has 128 valence electrons. The number of carbonyl (C=O) groups excluding carboxylic acids is 1. The van der Waals surface area contributed by atoms with Crippen LogP contribution in [0.25, 0.3) is 21.5 Å². The number of anilines is 1. The second-order valence-electron chi connectivity index (χ2n) is 5.99. The minimum Gasteiger partial charge on any atom is -0.319 e. The van der Waals surface area contributed by atoms with Gasteiger partial charge in [-0.05, 0) is 48.7 Å². The number of rotatable bonds is 3. The second kappa shape index (κ2) is 6.69. The normalized spacial score (nSPS) is 10.8. The van der Waals surface area contributed by atoms with E-state index in [1.807, 2.05) is 42.6 Å². The number of benzene rings is 2. The molecule has 0 aliphatic heterocycles. The van der Waals surface area contributed by atoms with Crippen LogP contribution in [0.1, 0.15) is 15.9 Å². The van der Waals surface area contributed by atoms with Crippen LogP contribution < -0.4 is 5.32 Å². The number of carbonyl (C=O) groups is 1. The van der Waals surface area contributed by atoms with Gasteiger partial charge < -0.3 is 5.32 Å². The molecule has 0 bridgehead atoms. The lowest BCUT2D eigenvalue weighted by molar-refractivity contribution is 0.102. The van der Waals surface area contributed by atoms with Crippen molar-refractivity contribution >= 4 is 33.8 Å². The summed E-state index contributed by atoms with van der Waals surface area (Å²) in [6.45, 7) is 1.96. The lowest BCUT2D eigenvalue weighted by Crippen LogP contribution is -2.14. The molecule has 0 radical (unpaired) electrons. The van der Waals surface area contributed by atoms with E-state index in [0.29, 0.717) is 5.56 Å². The molecule has 1 amide bonds. The molecule has 0 atom stereocenters. The predicted molar refractivity (Wildman–Crippen MR) is 104 cm³/mol. The van der Waals surface area contributed by atoms with Crippen molar-refractivity contribution in [3.63, 3.8) is 0 Å². The fourth-order valence-electron chi connectivity index (χ4n) is 2.83. The fraction of sp³-hybridized carbons (Fsp3) is 0.0476. The second-order valence-corrected chi connectivity index (χ2v) is 6.93. The van der Waals surface area contributed by atoms with Gasteiger partial charge in [0.25, 0.3) is 5.91 Å². The van der Waals surface area contributed by atoms with E-state index in [1.165, 1.54) is 6.07 Å². The van der Waals surface area contributed by atoms with Crippen LogP contribution in [0.4, 0.5) is 10.1 Å². The Hall–Kier alpha value is -3.05. The van der Waals surface area contributed by atoms with Crippen molar-refractivity contribution in [2.75, 3.05) is 5.32 Å². The highest BCUT2D eigenvalue weighted by atomic mass is 32.1. The van der Waals surface area contributed by atoms with Gasteiger partial charge in [-0.3, -0.25) is 4.79 Å². The highest BCUT2D eigenvalue weighted by Gasteiger charge is 2.16. The molecule has 26 heavy (non-hydrogen) atoms. The number of hydrogen-bond acceptors (Lipinski definition) is 3. The third-order valence-electron chi connectivity index (χ3n) is 4.10. The SMILES string of the molecule is Cc1ccc2nc(-c3cccs3)cc(C(=O)Nc3ccccc3F)c2c1. The number of nitrogens with zero attached hydrogens (tertiary/aromatic N) is 1. The molecular formula is C21H15FN2OS. The van der Waals surface area contributed by atoms with Crippen molar-refractivity contribution in [2.24, 2.45) is 0 Å². The Morgan fingerprint density at radius 3 is 2.69 bits per heavy atom. The van der Waals surface area contributed by atoms with Gasteiger partial charge in [0.1, 0.15) is 5.82 Å². The number of hydrogen-bond donors (Lipinski definition) is 1. The monoisotopic (exact) mass is 362 g/mol. The summed E-state index contributed by atoms with van der Waals surface area (Å²) in [5.74, 6) is -0.820. The van der Waals surface area contributed by atoms with Gasteiger partial charge in [0.15, 0.2) is 0 Å². The Morgan fingerprint density at radius 1 is 1.08 bits per heavy atom. The number of aromatic nitrogens is 1. The first-order valence-corrected chi connectivity index (χ1v) is 9.01. The molecule has 5 heteroatoms. The molecular weight excluding hydrogens is 347 g/mol. The van der Waals surface area contributed by atoms with Crippen LogP contribution in [0.5, 0.6) is 0 Å². The number of pyridine rings is 1. The molecule has 0 aliphatic rings. The highest BCUT2D eigenvalue weighted by molar-refractivity contribution is 7.13. The summed E-state index contributed by atoms with van der Waals surface area (Å²) in [6.07, 6.45) is 0. The van der Waals surface area contributed by atoms with Gasteiger partial charge in [-0.25, -0.2) is 9.37 Å². The Labute approximate surface area is 154 Å². The molecule has 0 saturated heterocycles. The molecule has 1 N–H and O–H groups in total. The number of nitrogens with one attached hydrogen (secondary N) is 1. The Morgan fingerprint density at radius 2 is 1.92 bits per heavy atom. The van der Waals surface area contributed by atoms with Gasteiger partial charge in [0.05, 0.1) is 27.3 Å². The van der Waals surface area contributed by atoms with E-state index >= 15 is 0 Å². The molecule has 0 aliphatic carbocycles. The average molecular weight is 362 g/mol. The first-order valence-electron chi connectivity index (χ1n) is 8.13. The standard InChI is InChI=1S/C21H15FN2OS/c1-13-8-9-17-14(11-13)15(12-19(23-17)20-7-4-10-26-20)21(25)24-18-6-3-2-5-16(18)22/h2-12H,1H3,(H,24,25). The van der Waals surface area contributed by atoms with Gasteiger partial charge in [0.2, 0.25) is 0 Å². The van der Waals surface area contributed by atoms with Gasteiger partial charge in [0, 0.05) is 5.39 Å². The molecule has 4 aromatic rings. The average Bonchev–Trinajstić information content (AvgIpc) is 3.17. The molecule has 0 unspecified atom stereocenters. The van der Waals surface area contributed by atoms with Crippen LogP contribution in [0.15, 0.2) is 66.0 Å². The molecule has 3 nitrogen and oxygen atoms in total. The summed E-state index contributed by atoms with van der Waals surface area (Å²) >= 11 is 1.56. The lowest BCUT2D eigenvalue weighted by atomic mass is 10.0. The van der Waals surface area contributed by atoms with E-state index in [2.05, 4.69) is 10.3 Å². The van der Waals surface area contributed by atoms with E-state index < -0.39 is 5.82 Å². The van der Waals surface area contributed by atoms with Crippen molar-refractivity contribution < 1.29 is 9.18 Å². The zero-order valence-electron chi connectivity index (χ0n) is 14.0. The van der Waals surface area contributed by atoms with Gasteiger partial charge >= 0.3 is 0 Å². The fourth-order valence-corrected chi connectivity index (χ4v) is 3.52. The number of thiophene rings is 1. The van der Waals surface area contributed by atoms with Gasteiger partial charge in [-0.15, -0.1) is 11.3 Å². The van der Waals surface area contributed by atoms with Crippen LogP contribution in [-0.4, -0.2) is 10.9 Å². The summed E-state index contributed by atoms with van der Waals surface area (Å²) < 4.78 is 13.9. The number of fused-ring (bicyclic) bond motifs is 1. The first kappa shape index (κ1) is 16.4. The highest BCUT2D eigenvalue weighted by Crippen LogP contribution is 2.29. The summed E-state index contributed by atoms with van der Waals surface area (Å²) in [5.41, 5.74) is 3.14. The largest absolute Gasteiger partial charge is 0.319 e. The number of halogens is 1. The molecule has 0 spiro atoms. The lowest BCUT2D eigenvalue weighted by Gasteiger charge is -2.11. The van der Waals surface area contributed by atoms with Crippen molar-refractivity contribution in [1.82, 2.24) is 4.98 Å². The summed E-state index contributed by atoms with van der Waals surface area (Å²) in [6, 6.07) is 17.6. The Balaban J connectivity index is 1.85. The third-order valence-corrected chi connectivity index (χ3v) is 5.00. The maximum absolute atomic E-state index is 13.9. The minimum absolute atomic E-state index is 0.160. The maximum atomic E-state index is 13.9. The number of amides is 1. The quantitative estimate of drug-likeness (QED) is 0.511. The Kier molecular flexibility index (Phi) is 4.22. The van der Waals surface area contributed by atoms with Crippen molar-refractivity contribution in [1.29, 1.82) is 0 Å². The predicted octanol–water partition coefficient (Wildman–Crippen LogP) is 5.66. The molecule has 0 saturated carbocycles. The summed E-state index contributed by atoms with van der Waals surface area (Å²) in [7, 11) is 0. The minimum atomic E-state index is -0.464. The number of aryl methyl sites for hydroxylation is 1.